The van der Waals surface area contributed by atoms with E-state index in [1.165, 1.54) is 0 Å². The molecule has 2 rings (SSSR count). The molecule has 0 saturated carbocycles. The van der Waals surface area contributed by atoms with Gasteiger partial charge in [0.25, 0.3) is 5.56 Å². The van der Waals surface area contributed by atoms with Crippen LogP contribution in [0.4, 0.5) is 0 Å². The maximum atomic E-state index is 12.1. The molecule has 0 amide bonds. The van der Waals surface area contributed by atoms with E-state index in [9.17, 15) is 10.1 Å². The zero-order chi connectivity index (χ0) is 18.4. The fourth-order valence-electron chi connectivity index (χ4n) is 2.47. The molecule has 0 radical (unpaired) electrons. The Kier molecular flexibility index (Phi) is 6.65. The predicted octanol–water partition coefficient (Wildman–Crippen LogP) is 4.56. The van der Waals surface area contributed by atoms with E-state index in [0.717, 1.165) is 22.9 Å². The maximum Gasteiger partial charge on any atom is 0.266 e. The van der Waals surface area contributed by atoms with Crippen LogP contribution in [0.25, 0.3) is 11.1 Å². The lowest BCUT2D eigenvalue weighted by atomic mass is 10.0. The smallest absolute Gasteiger partial charge is 0.266 e. The van der Waals surface area contributed by atoms with Gasteiger partial charge in [-0.1, -0.05) is 13.3 Å². The van der Waals surface area contributed by atoms with E-state index in [1.54, 1.807) is 13.0 Å². The van der Waals surface area contributed by atoms with Gasteiger partial charge in [0.15, 0.2) is 11.5 Å². The SMILES string of the molecule is CCCCOc1c(Br)cc(-c2cc(C)[nH]c(=O)c2C#N)cc1OCC. The molecular formula is C19H21BrN2O3. The van der Waals surface area contributed by atoms with Crippen LogP contribution in [-0.2, 0) is 0 Å². The molecule has 0 bridgehead atoms. The first kappa shape index (κ1) is 19.1. The second kappa shape index (κ2) is 8.72. The first-order valence-corrected chi connectivity index (χ1v) is 9.04. The average molecular weight is 405 g/mol. The Morgan fingerprint density at radius 3 is 2.64 bits per heavy atom. The minimum Gasteiger partial charge on any atom is -0.490 e. The number of H-pyrrole nitrogens is 1. The fraction of sp³-hybridized carbons (Fsp3) is 0.368. The lowest BCUT2D eigenvalue weighted by Crippen LogP contribution is -2.12. The molecule has 1 aromatic heterocycles. The Morgan fingerprint density at radius 2 is 2.00 bits per heavy atom. The minimum absolute atomic E-state index is 0.0830. The average Bonchev–Trinajstić information content (AvgIpc) is 2.56. The second-order valence-electron chi connectivity index (χ2n) is 5.60. The monoisotopic (exact) mass is 404 g/mol. The Labute approximate surface area is 155 Å². The molecule has 0 unspecified atom stereocenters. The second-order valence-corrected chi connectivity index (χ2v) is 6.46. The number of nitrogens with one attached hydrogen (secondary N) is 1. The molecule has 0 fully saturated rings. The molecule has 0 spiro atoms. The number of rotatable bonds is 7. The van der Waals surface area contributed by atoms with Crippen molar-refractivity contribution in [1.82, 2.24) is 4.98 Å². The van der Waals surface area contributed by atoms with Gasteiger partial charge in [0.05, 0.1) is 17.7 Å². The number of aromatic nitrogens is 1. The van der Waals surface area contributed by atoms with Crippen molar-refractivity contribution in [2.45, 2.75) is 33.6 Å². The van der Waals surface area contributed by atoms with Gasteiger partial charge in [0.2, 0.25) is 0 Å². The number of aromatic amines is 1. The lowest BCUT2D eigenvalue weighted by Gasteiger charge is -2.16. The van der Waals surface area contributed by atoms with Crippen molar-refractivity contribution in [3.05, 3.63) is 44.3 Å². The van der Waals surface area contributed by atoms with Crippen LogP contribution in [0.15, 0.2) is 27.5 Å². The van der Waals surface area contributed by atoms with Crippen LogP contribution in [-0.4, -0.2) is 18.2 Å². The summed E-state index contributed by atoms with van der Waals surface area (Å²) in [5, 5.41) is 9.35. The Balaban J connectivity index is 2.58. The number of halogens is 1. The number of pyridine rings is 1. The summed E-state index contributed by atoms with van der Waals surface area (Å²) in [6.07, 6.45) is 1.99. The molecule has 6 heteroatoms. The summed E-state index contributed by atoms with van der Waals surface area (Å²) in [7, 11) is 0. The molecule has 1 heterocycles. The minimum atomic E-state index is -0.394. The van der Waals surface area contributed by atoms with E-state index in [2.05, 4.69) is 27.8 Å². The first-order valence-electron chi connectivity index (χ1n) is 8.25. The van der Waals surface area contributed by atoms with Crippen molar-refractivity contribution in [2.24, 2.45) is 0 Å². The molecular weight excluding hydrogens is 384 g/mol. The number of benzene rings is 1. The largest absolute Gasteiger partial charge is 0.490 e. The Hall–Kier alpha value is -2.26. The summed E-state index contributed by atoms with van der Waals surface area (Å²) in [5.74, 6) is 1.23. The molecule has 132 valence electrons. The zero-order valence-corrected chi connectivity index (χ0v) is 16.2. The molecule has 1 N–H and O–H groups in total. The van der Waals surface area contributed by atoms with E-state index < -0.39 is 5.56 Å². The maximum absolute atomic E-state index is 12.1. The van der Waals surface area contributed by atoms with Gasteiger partial charge in [0, 0.05) is 11.3 Å². The summed E-state index contributed by atoms with van der Waals surface area (Å²) >= 11 is 3.53. The van der Waals surface area contributed by atoms with E-state index >= 15 is 0 Å². The number of ether oxygens (including phenoxy) is 2. The summed E-state index contributed by atoms with van der Waals surface area (Å²) in [6.45, 7) is 6.87. The predicted molar refractivity (Wildman–Crippen MR) is 101 cm³/mol. The van der Waals surface area contributed by atoms with Crippen LogP contribution in [0.2, 0.25) is 0 Å². The van der Waals surface area contributed by atoms with E-state index in [-0.39, 0.29) is 5.56 Å². The van der Waals surface area contributed by atoms with Gasteiger partial charge in [-0.25, -0.2) is 0 Å². The van der Waals surface area contributed by atoms with Crippen LogP contribution in [0.1, 0.15) is 37.9 Å². The van der Waals surface area contributed by atoms with Gasteiger partial charge in [-0.2, -0.15) is 5.26 Å². The van der Waals surface area contributed by atoms with Crippen molar-refractivity contribution < 1.29 is 9.47 Å². The number of unbranched alkanes of at least 4 members (excludes halogenated alkanes) is 1. The van der Waals surface area contributed by atoms with Crippen molar-refractivity contribution in [1.29, 1.82) is 5.26 Å². The summed E-state index contributed by atoms with van der Waals surface area (Å²) in [6, 6.07) is 7.43. The number of hydrogen-bond donors (Lipinski definition) is 1. The highest BCUT2D eigenvalue weighted by Crippen LogP contribution is 2.40. The van der Waals surface area contributed by atoms with E-state index in [0.29, 0.717) is 36.0 Å². The number of nitriles is 1. The summed E-state index contributed by atoms with van der Waals surface area (Å²) in [4.78, 5) is 14.7. The quantitative estimate of drug-likeness (QED) is 0.686. The molecule has 5 nitrogen and oxygen atoms in total. The normalized spacial score (nSPS) is 10.4. The third-order valence-electron chi connectivity index (χ3n) is 3.64. The van der Waals surface area contributed by atoms with Gasteiger partial charge >= 0.3 is 0 Å². The number of nitrogens with zero attached hydrogens (tertiary/aromatic N) is 1. The lowest BCUT2D eigenvalue weighted by molar-refractivity contribution is 0.271. The van der Waals surface area contributed by atoms with E-state index in [4.69, 9.17) is 9.47 Å². The van der Waals surface area contributed by atoms with Crippen LogP contribution >= 0.6 is 15.9 Å². The van der Waals surface area contributed by atoms with Gasteiger partial charge in [-0.05, 0) is 60.0 Å². The summed E-state index contributed by atoms with van der Waals surface area (Å²) in [5.41, 5.74) is 1.68. The zero-order valence-electron chi connectivity index (χ0n) is 14.6. The van der Waals surface area contributed by atoms with Crippen LogP contribution < -0.4 is 15.0 Å². The molecule has 0 atom stereocenters. The van der Waals surface area contributed by atoms with Gasteiger partial charge in [-0.3, -0.25) is 4.79 Å². The van der Waals surface area contributed by atoms with Crippen molar-refractivity contribution in [3.8, 4) is 28.7 Å². The standard InChI is InChI=1S/C19H21BrN2O3/c1-4-6-7-25-18-16(20)9-13(10-17(18)24-5-2)14-8-12(3)22-19(23)15(14)11-21/h8-10H,4-7H2,1-3H3,(H,22,23). The Morgan fingerprint density at radius 1 is 1.24 bits per heavy atom. The first-order chi connectivity index (χ1) is 12.0. The highest BCUT2D eigenvalue weighted by Gasteiger charge is 2.17. The van der Waals surface area contributed by atoms with Crippen LogP contribution in [0, 0.1) is 18.3 Å². The summed E-state index contributed by atoms with van der Waals surface area (Å²) < 4.78 is 12.3. The highest BCUT2D eigenvalue weighted by atomic mass is 79.9. The molecule has 2 aromatic rings. The van der Waals surface area contributed by atoms with Crippen molar-refractivity contribution in [3.63, 3.8) is 0 Å². The van der Waals surface area contributed by atoms with Crippen molar-refractivity contribution >= 4 is 15.9 Å². The molecule has 0 saturated heterocycles. The number of hydrogen-bond acceptors (Lipinski definition) is 4. The molecule has 0 aliphatic heterocycles. The topological polar surface area (TPSA) is 75.1 Å². The third kappa shape index (κ3) is 4.43. The highest BCUT2D eigenvalue weighted by molar-refractivity contribution is 9.10. The fourth-order valence-corrected chi connectivity index (χ4v) is 3.03. The molecule has 1 aromatic carbocycles. The molecule has 0 aliphatic carbocycles. The van der Waals surface area contributed by atoms with Crippen molar-refractivity contribution in [2.75, 3.05) is 13.2 Å². The van der Waals surface area contributed by atoms with E-state index in [1.807, 2.05) is 25.1 Å². The molecule has 0 aliphatic rings. The number of aryl methyl sites for hydroxylation is 1. The Bertz CT molecular complexity index is 853. The van der Waals surface area contributed by atoms with Crippen LogP contribution in [0.5, 0.6) is 11.5 Å². The van der Waals surface area contributed by atoms with Gasteiger partial charge in [0.1, 0.15) is 11.6 Å². The van der Waals surface area contributed by atoms with Gasteiger partial charge in [-0.15, -0.1) is 0 Å². The van der Waals surface area contributed by atoms with Crippen LogP contribution in [0.3, 0.4) is 0 Å². The van der Waals surface area contributed by atoms with Gasteiger partial charge < -0.3 is 14.5 Å². The third-order valence-corrected chi connectivity index (χ3v) is 4.23. The molecule has 25 heavy (non-hydrogen) atoms.